The van der Waals surface area contributed by atoms with E-state index in [1.165, 1.54) is 28.7 Å². The van der Waals surface area contributed by atoms with Gasteiger partial charge < -0.3 is 9.84 Å². The molecule has 3 aliphatic carbocycles. The van der Waals surface area contributed by atoms with Gasteiger partial charge in [0.25, 0.3) is 0 Å². The molecule has 0 saturated heterocycles. The molecule has 4 aromatic rings. The van der Waals surface area contributed by atoms with Gasteiger partial charge >= 0.3 is 0 Å². The molecule has 3 aromatic carbocycles. The number of hydrogen-bond acceptors (Lipinski definition) is 4. The number of fused-ring (bicyclic) bond motifs is 5. The van der Waals surface area contributed by atoms with Gasteiger partial charge in [-0.15, -0.1) is 5.10 Å². The molecule has 2 saturated carbocycles. The molecule has 2 fully saturated rings. The van der Waals surface area contributed by atoms with Crippen LogP contribution in [0.2, 0.25) is 0 Å². The Balaban J connectivity index is 1.10. The molecule has 7 rings (SSSR count). The number of aromatic nitrogens is 3. The Kier molecular flexibility index (Phi) is 6.07. The van der Waals surface area contributed by atoms with Crippen LogP contribution in [0.4, 0.5) is 0 Å². The summed E-state index contributed by atoms with van der Waals surface area (Å²) >= 11 is 0. The fourth-order valence-electron chi connectivity index (χ4n) is 7.93. The highest BCUT2D eigenvalue weighted by Crippen LogP contribution is 2.63. The van der Waals surface area contributed by atoms with Crippen molar-refractivity contribution in [3.05, 3.63) is 101 Å². The van der Waals surface area contributed by atoms with Crippen LogP contribution in [0.3, 0.4) is 0 Å². The van der Waals surface area contributed by atoms with E-state index in [4.69, 9.17) is 4.74 Å². The SMILES string of the molecule is Cc1ccc(-c2cn([C@@H]3C[C@H]4[C@@H]5CCc6cc(OCc7ccccc7)ccc6[C@H]5CC[C@@]4(C)[C@@H]3O)nn2)cc1. The molecule has 1 heterocycles. The summed E-state index contributed by atoms with van der Waals surface area (Å²) in [6, 6.07) is 25.5. The Hall–Kier alpha value is -3.44. The van der Waals surface area contributed by atoms with Crippen molar-refractivity contribution >= 4 is 0 Å². The number of nitrogens with zero attached hydrogens (tertiary/aromatic N) is 3. The first-order valence-electron chi connectivity index (χ1n) is 14.5. The molecule has 0 amide bonds. The van der Waals surface area contributed by atoms with Crippen molar-refractivity contribution in [3.63, 3.8) is 0 Å². The van der Waals surface area contributed by atoms with Crippen LogP contribution in [-0.2, 0) is 13.0 Å². The lowest BCUT2D eigenvalue weighted by molar-refractivity contribution is -0.0321. The van der Waals surface area contributed by atoms with Crippen LogP contribution in [0.25, 0.3) is 11.3 Å². The maximum Gasteiger partial charge on any atom is 0.120 e. The second kappa shape index (κ2) is 9.63. The predicted octanol–water partition coefficient (Wildman–Crippen LogP) is 6.90. The lowest BCUT2D eigenvalue weighted by atomic mass is 9.55. The van der Waals surface area contributed by atoms with E-state index >= 15 is 0 Å². The van der Waals surface area contributed by atoms with E-state index in [0.717, 1.165) is 42.7 Å². The summed E-state index contributed by atoms with van der Waals surface area (Å²) in [7, 11) is 0. The van der Waals surface area contributed by atoms with Crippen molar-refractivity contribution in [1.82, 2.24) is 15.0 Å². The van der Waals surface area contributed by atoms with E-state index in [1.54, 1.807) is 0 Å². The molecule has 1 aromatic heterocycles. The van der Waals surface area contributed by atoms with Gasteiger partial charge in [0, 0.05) is 5.56 Å². The molecule has 0 aliphatic heterocycles. The second-order valence-electron chi connectivity index (χ2n) is 12.3. The van der Waals surface area contributed by atoms with Gasteiger partial charge in [0.05, 0.1) is 18.3 Å². The van der Waals surface area contributed by atoms with Gasteiger partial charge in [-0.2, -0.15) is 0 Å². The third kappa shape index (κ3) is 4.28. The number of rotatable bonds is 5. The molecule has 1 N–H and O–H groups in total. The van der Waals surface area contributed by atoms with Crippen molar-refractivity contribution < 1.29 is 9.84 Å². The average molecular weight is 520 g/mol. The normalized spacial score (nSPS) is 29.4. The zero-order chi connectivity index (χ0) is 26.6. The van der Waals surface area contributed by atoms with Crippen LogP contribution in [0.15, 0.2) is 79.0 Å². The number of ether oxygens (including phenoxy) is 1. The summed E-state index contributed by atoms with van der Waals surface area (Å²) in [5.74, 6) is 2.58. The first-order chi connectivity index (χ1) is 19.0. The molecular formula is C34H37N3O2. The lowest BCUT2D eigenvalue weighted by Gasteiger charge is -2.50. The van der Waals surface area contributed by atoms with Gasteiger partial charge in [-0.25, -0.2) is 4.68 Å². The minimum Gasteiger partial charge on any atom is -0.489 e. The van der Waals surface area contributed by atoms with Crippen molar-refractivity contribution in [2.75, 3.05) is 0 Å². The maximum atomic E-state index is 11.7. The van der Waals surface area contributed by atoms with E-state index in [9.17, 15) is 5.11 Å². The van der Waals surface area contributed by atoms with Crippen molar-refractivity contribution in [3.8, 4) is 17.0 Å². The fraction of sp³-hybridized carbons (Fsp3) is 0.412. The molecule has 0 radical (unpaired) electrons. The van der Waals surface area contributed by atoms with Crippen LogP contribution in [0.1, 0.15) is 66.8 Å². The monoisotopic (exact) mass is 519 g/mol. The molecule has 0 unspecified atom stereocenters. The van der Waals surface area contributed by atoms with Gasteiger partial charge in [-0.05, 0) is 91.0 Å². The van der Waals surface area contributed by atoms with Gasteiger partial charge in [-0.1, -0.05) is 78.4 Å². The van der Waals surface area contributed by atoms with Crippen molar-refractivity contribution in [1.29, 1.82) is 0 Å². The first-order valence-corrected chi connectivity index (χ1v) is 14.5. The number of aliphatic hydroxyl groups excluding tert-OH is 1. The fourth-order valence-corrected chi connectivity index (χ4v) is 7.93. The minimum atomic E-state index is -0.411. The van der Waals surface area contributed by atoms with Gasteiger partial charge in [0.15, 0.2) is 0 Å². The zero-order valence-electron chi connectivity index (χ0n) is 22.8. The topological polar surface area (TPSA) is 60.2 Å². The Morgan fingerprint density at radius 1 is 1.03 bits per heavy atom. The highest BCUT2D eigenvalue weighted by Gasteiger charge is 2.58. The standard InChI is InChI=1S/C34H37N3O2/c1-22-8-10-24(11-9-22)31-20-37(36-35-31)32-19-30-29-14-12-25-18-26(39-21-23-6-4-3-5-7-23)13-15-27(25)28(29)16-17-34(30,2)33(32)38/h3-11,13,15,18,20,28-30,32-33,38H,12,14,16-17,19,21H2,1-2H3/t28-,29-,30+,32-,33-,34-/m1/s1. The van der Waals surface area contributed by atoms with Crippen molar-refractivity contribution in [2.24, 2.45) is 17.3 Å². The third-order valence-corrected chi connectivity index (χ3v) is 10.1. The van der Waals surface area contributed by atoms with Gasteiger partial charge in [0.1, 0.15) is 18.1 Å². The molecule has 5 nitrogen and oxygen atoms in total. The quantitative estimate of drug-likeness (QED) is 0.312. The molecule has 5 heteroatoms. The molecular weight excluding hydrogens is 482 g/mol. The summed E-state index contributed by atoms with van der Waals surface area (Å²) in [4.78, 5) is 0. The largest absolute Gasteiger partial charge is 0.489 e. The van der Waals surface area contributed by atoms with E-state index in [1.807, 2.05) is 16.9 Å². The highest BCUT2D eigenvalue weighted by molar-refractivity contribution is 5.58. The van der Waals surface area contributed by atoms with E-state index < -0.39 is 6.10 Å². The van der Waals surface area contributed by atoms with Gasteiger partial charge in [-0.3, -0.25) is 0 Å². The van der Waals surface area contributed by atoms with Crippen LogP contribution < -0.4 is 4.74 Å². The Labute approximate surface area is 230 Å². The number of aliphatic hydroxyl groups is 1. The van der Waals surface area contributed by atoms with Crippen LogP contribution in [-0.4, -0.2) is 26.2 Å². The lowest BCUT2D eigenvalue weighted by Crippen LogP contribution is -2.44. The number of hydrogen-bond donors (Lipinski definition) is 1. The summed E-state index contributed by atoms with van der Waals surface area (Å²) in [5.41, 5.74) is 7.22. The van der Waals surface area contributed by atoms with E-state index in [0.29, 0.717) is 24.4 Å². The minimum absolute atomic E-state index is 0.0272. The second-order valence-corrected chi connectivity index (χ2v) is 12.3. The molecule has 200 valence electrons. The third-order valence-electron chi connectivity index (χ3n) is 10.1. The van der Waals surface area contributed by atoms with Crippen LogP contribution in [0.5, 0.6) is 5.75 Å². The van der Waals surface area contributed by atoms with Crippen LogP contribution >= 0.6 is 0 Å². The molecule has 39 heavy (non-hydrogen) atoms. The molecule has 6 atom stereocenters. The van der Waals surface area contributed by atoms with E-state index in [-0.39, 0.29) is 11.5 Å². The van der Waals surface area contributed by atoms with Crippen molar-refractivity contribution in [2.45, 2.75) is 70.6 Å². The average Bonchev–Trinajstić information content (AvgIpc) is 3.55. The Morgan fingerprint density at radius 3 is 2.67 bits per heavy atom. The number of benzene rings is 3. The van der Waals surface area contributed by atoms with Crippen LogP contribution in [0, 0.1) is 24.2 Å². The zero-order valence-corrected chi connectivity index (χ0v) is 22.8. The molecule has 0 spiro atoms. The van der Waals surface area contributed by atoms with E-state index in [2.05, 4.69) is 90.9 Å². The molecule has 0 bridgehead atoms. The summed E-state index contributed by atoms with van der Waals surface area (Å²) < 4.78 is 8.10. The summed E-state index contributed by atoms with van der Waals surface area (Å²) in [6.45, 7) is 5.01. The first kappa shape index (κ1) is 24.6. The maximum absolute atomic E-state index is 11.7. The highest BCUT2D eigenvalue weighted by atomic mass is 16.5. The van der Waals surface area contributed by atoms with Gasteiger partial charge in [0.2, 0.25) is 0 Å². The number of aryl methyl sites for hydroxylation is 2. The summed E-state index contributed by atoms with van der Waals surface area (Å²) in [5, 5.41) is 20.7. The Bertz CT molecular complexity index is 1460. The summed E-state index contributed by atoms with van der Waals surface area (Å²) in [6.07, 6.45) is 7.00. The smallest absolute Gasteiger partial charge is 0.120 e. The predicted molar refractivity (Wildman–Crippen MR) is 152 cm³/mol. The Morgan fingerprint density at radius 2 is 1.85 bits per heavy atom. The molecule has 3 aliphatic rings.